The Bertz CT molecular complexity index is 1490. The number of hydrogen-bond acceptors (Lipinski definition) is 8. The predicted octanol–water partition coefficient (Wildman–Crippen LogP) is 6.46. The van der Waals surface area contributed by atoms with E-state index in [2.05, 4.69) is 56.0 Å². The summed E-state index contributed by atoms with van der Waals surface area (Å²) in [7, 11) is 0. The fourth-order valence-electron chi connectivity index (χ4n) is 11.0. The Kier molecular flexibility index (Phi) is 10.8. The van der Waals surface area contributed by atoms with Crippen LogP contribution in [-0.2, 0) is 35.4 Å². The van der Waals surface area contributed by atoms with Crippen molar-refractivity contribution < 1.29 is 18.9 Å². The molecule has 4 unspecified atom stereocenters. The third-order valence-corrected chi connectivity index (χ3v) is 13.9. The van der Waals surface area contributed by atoms with Gasteiger partial charge >= 0.3 is 0 Å². The molecule has 0 saturated carbocycles. The average molecular weight is 713 g/mol. The molecule has 0 aromatic heterocycles. The topological polar surface area (TPSA) is 49.9 Å². The molecule has 0 bridgehead atoms. The van der Waals surface area contributed by atoms with Crippen LogP contribution in [0.1, 0.15) is 99.3 Å². The van der Waals surface area contributed by atoms with Gasteiger partial charge in [-0.1, -0.05) is 37.1 Å². The Labute approximate surface area is 313 Å². The highest BCUT2D eigenvalue weighted by molar-refractivity contribution is 5.43. The fourth-order valence-corrected chi connectivity index (χ4v) is 11.0. The molecule has 8 nitrogen and oxygen atoms in total. The molecule has 0 amide bonds. The van der Waals surface area contributed by atoms with E-state index in [4.69, 9.17) is 18.9 Å². The average Bonchev–Trinajstić information content (AvgIpc) is 3.58. The summed E-state index contributed by atoms with van der Waals surface area (Å²) in [4.78, 5) is 10.5. The standard InChI is InChI=1S/2C22H32N2O2/c1-2-8-24-9-3-7-22(16-20(24)4-1)15-19-14-18(5-6-21(19)26-22)17-23-10-12-25-13-11-23;1-2-9-24-10-8-22(7-6-20(24)3-1)16-19-15-18(4-5-21(19)26-22)17-23-11-13-25-14-12-23/h5-6,14,20H,1-4,7-13,15-17H2;4-5,15,20H,1-3,6-14,16-17H2. The molecule has 284 valence electrons. The molecule has 2 aromatic carbocycles. The van der Waals surface area contributed by atoms with Gasteiger partial charge in [0.15, 0.2) is 0 Å². The Morgan fingerprint density at radius 3 is 1.73 bits per heavy atom. The first-order chi connectivity index (χ1) is 25.6. The zero-order chi connectivity index (χ0) is 34.8. The molecule has 8 heteroatoms. The molecule has 2 aromatic rings. The zero-order valence-electron chi connectivity index (χ0n) is 31.8. The van der Waals surface area contributed by atoms with E-state index < -0.39 is 0 Å². The first-order valence-electron chi connectivity index (χ1n) is 21.3. The summed E-state index contributed by atoms with van der Waals surface area (Å²) in [5.41, 5.74) is 5.88. The number of morpholine rings is 2. The number of rotatable bonds is 4. The van der Waals surface area contributed by atoms with Crippen molar-refractivity contribution in [3.8, 4) is 11.5 Å². The fraction of sp³-hybridized carbons (Fsp3) is 0.727. The van der Waals surface area contributed by atoms with Gasteiger partial charge in [-0.05, 0) is 105 Å². The highest BCUT2D eigenvalue weighted by atomic mass is 16.5. The molecule has 6 fully saturated rings. The van der Waals surface area contributed by atoms with Crippen molar-refractivity contribution in [3.05, 3.63) is 58.7 Å². The van der Waals surface area contributed by atoms with Crippen molar-refractivity contribution in [2.45, 2.75) is 126 Å². The number of benzene rings is 2. The summed E-state index contributed by atoms with van der Waals surface area (Å²) in [6.45, 7) is 14.9. The largest absolute Gasteiger partial charge is 0.487 e. The van der Waals surface area contributed by atoms with Crippen molar-refractivity contribution in [2.75, 3.05) is 78.8 Å². The van der Waals surface area contributed by atoms with E-state index in [9.17, 15) is 0 Å². The van der Waals surface area contributed by atoms with Gasteiger partial charge in [-0.15, -0.1) is 0 Å². The van der Waals surface area contributed by atoms with E-state index in [1.165, 1.54) is 125 Å². The van der Waals surface area contributed by atoms with Gasteiger partial charge in [0.25, 0.3) is 0 Å². The minimum Gasteiger partial charge on any atom is -0.487 e. The Hall–Kier alpha value is -2.20. The first-order valence-corrected chi connectivity index (χ1v) is 21.3. The van der Waals surface area contributed by atoms with E-state index >= 15 is 0 Å². The predicted molar refractivity (Wildman–Crippen MR) is 205 cm³/mol. The molecule has 8 aliphatic rings. The lowest BCUT2D eigenvalue weighted by Gasteiger charge is -2.37. The van der Waals surface area contributed by atoms with Crippen LogP contribution >= 0.6 is 0 Å². The van der Waals surface area contributed by atoms with Crippen LogP contribution in [0.4, 0.5) is 0 Å². The summed E-state index contributed by atoms with van der Waals surface area (Å²) in [6, 6.07) is 15.4. The molecular weight excluding hydrogens is 649 g/mol. The third-order valence-electron chi connectivity index (χ3n) is 13.9. The van der Waals surface area contributed by atoms with Crippen LogP contribution in [0, 0.1) is 0 Å². The van der Waals surface area contributed by atoms with Gasteiger partial charge in [0.2, 0.25) is 0 Å². The summed E-state index contributed by atoms with van der Waals surface area (Å²) in [5.74, 6) is 2.30. The van der Waals surface area contributed by atoms with Gasteiger partial charge in [-0.2, -0.15) is 0 Å². The lowest BCUT2D eigenvalue weighted by molar-refractivity contribution is 0.0341. The monoisotopic (exact) mass is 712 g/mol. The maximum absolute atomic E-state index is 6.65. The Morgan fingerprint density at radius 2 is 1.08 bits per heavy atom. The minimum atomic E-state index is 0.0661. The van der Waals surface area contributed by atoms with Crippen molar-refractivity contribution in [3.63, 3.8) is 0 Å². The van der Waals surface area contributed by atoms with E-state index in [0.717, 1.165) is 102 Å². The zero-order valence-corrected chi connectivity index (χ0v) is 31.8. The molecule has 10 rings (SSSR count). The maximum atomic E-state index is 6.65. The second-order valence-electron chi connectivity index (χ2n) is 17.6. The molecule has 0 N–H and O–H groups in total. The molecule has 4 atom stereocenters. The quantitative estimate of drug-likeness (QED) is 0.358. The van der Waals surface area contributed by atoms with E-state index in [-0.39, 0.29) is 11.2 Å². The number of nitrogens with zero attached hydrogens (tertiary/aromatic N) is 4. The van der Waals surface area contributed by atoms with Gasteiger partial charge in [-0.3, -0.25) is 9.80 Å². The van der Waals surface area contributed by atoms with Gasteiger partial charge in [0, 0.05) is 83.6 Å². The molecule has 52 heavy (non-hydrogen) atoms. The lowest BCUT2D eigenvalue weighted by Crippen LogP contribution is -2.44. The molecule has 6 saturated heterocycles. The Balaban J connectivity index is 0.000000138. The highest BCUT2D eigenvalue weighted by Gasteiger charge is 2.45. The number of ether oxygens (including phenoxy) is 4. The normalized spacial score (nSPS) is 32.7. The van der Waals surface area contributed by atoms with Crippen molar-refractivity contribution in [1.29, 1.82) is 0 Å². The molecule has 0 aliphatic carbocycles. The number of hydrogen-bond donors (Lipinski definition) is 0. The minimum absolute atomic E-state index is 0.0661. The van der Waals surface area contributed by atoms with Gasteiger partial charge in [0.05, 0.1) is 26.4 Å². The number of piperidine rings is 2. The second-order valence-corrected chi connectivity index (χ2v) is 17.6. The molecule has 8 heterocycles. The van der Waals surface area contributed by atoms with Crippen molar-refractivity contribution in [1.82, 2.24) is 19.6 Å². The lowest BCUT2D eigenvalue weighted by atomic mass is 9.85. The van der Waals surface area contributed by atoms with Gasteiger partial charge < -0.3 is 28.7 Å². The highest BCUT2D eigenvalue weighted by Crippen LogP contribution is 2.45. The van der Waals surface area contributed by atoms with Crippen LogP contribution in [0.15, 0.2) is 36.4 Å². The van der Waals surface area contributed by atoms with E-state index in [1.54, 1.807) is 0 Å². The van der Waals surface area contributed by atoms with E-state index in [0.29, 0.717) is 0 Å². The Morgan fingerprint density at radius 1 is 0.519 bits per heavy atom. The maximum Gasteiger partial charge on any atom is 0.123 e. The van der Waals surface area contributed by atoms with Gasteiger partial charge in [0.1, 0.15) is 22.7 Å². The van der Waals surface area contributed by atoms with Crippen LogP contribution in [-0.4, -0.2) is 122 Å². The summed E-state index contributed by atoms with van der Waals surface area (Å²) in [6.07, 6.45) is 18.0. The smallest absolute Gasteiger partial charge is 0.123 e. The summed E-state index contributed by atoms with van der Waals surface area (Å²) < 4.78 is 24.2. The SMILES string of the molecule is c1cc2c(cc1CN1CCOCC1)CC1(CCC3CCCCN3CC1)O2.c1cc2c(cc1CN1CCOCC1)CC1(CCCN3CCCCC3C1)O2. The number of fused-ring (bicyclic) bond motifs is 4. The second kappa shape index (κ2) is 15.9. The molecular formula is C44H64N4O4. The van der Waals surface area contributed by atoms with Gasteiger partial charge in [-0.25, -0.2) is 0 Å². The van der Waals surface area contributed by atoms with E-state index in [1.807, 2.05) is 0 Å². The van der Waals surface area contributed by atoms with Crippen LogP contribution in [0.5, 0.6) is 11.5 Å². The third kappa shape index (κ3) is 8.08. The van der Waals surface area contributed by atoms with Crippen molar-refractivity contribution >= 4 is 0 Å². The van der Waals surface area contributed by atoms with Crippen LogP contribution in [0.2, 0.25) is 0 Å². The van der Waals surface area contributed by atoms with Crippen molar-refractivity contribution in [2.24, 2.45) is 0 Å². The summed E-state index contributed by atoms with van der Waals surface area (Å²) >= 11 is 0. The van der Waals surface area contributed by atoms with Crippen LogP contribution in [0.3, 0.4) is 0 Å². The molecule has 2 spiro atoms. The van der Waals surface area contributed by atoms with Crippen LogP contribution in [0.25, 0.3) is 0 Å². The van der Waals surface area contributed by atoms with Crippen LogP contribution < -0.4 is 9.47 Å². The molecule has 0 radical (unpaired) electrons. The first kappa shape index (κ1) is 35.5. The summed E-state index contributed by atoms with van der Waals surface area (Å²) in [5, 5.41) is 0. The molecule has 8 aliphatic heterocycles.